The molecule has 1 aromatic carbocycles. The van der Waals surface area contributed by atoms with Crippen LogP contribution in [0.25, 0.3) is 0 Å². The lowest BCUT2D eigenvalue weighted by atomic mass is 9.91. The van der Waals surface area contributed by atoms with Crippen molar-refractivity contribution < 1.29 is 22.3 Å². The highest BCUT2D eigenvalue weighted by atomic mass is 32.2. The number of sulfone groups is 1. The molecular weight excluding hydrogens is 347 g/mol. The molecule has 0 fully saturated rings. The van der Waals surface area contributed by atoms with Gasteiger partial charge in [0.15, 0.2) is 15.6 Å². The van der Waals surface area contributed by atoms with Gasteiger partial charge in [0.25, 0.3) is 0 Å². The number of hydrogen-bond acceptors (Lipinski definition) is 6. The molecule has 0 bridgehead atoms. The Balaban J connectivity index is 2.50. The van der Waals surface area contributed by atoms with E-state index < -0.39 is 25.9 Å². The van der Waals surface area contributed by atoms with E-state index in [2.05, 4.69) is 4.99 Å². The molecule has 2 N–H and O–H groups in total. The average molecular weight is 370 g/mol. The third kappa shape index (κ3) is 3.59. The molecule has 0 unspecified atom stereocenters. The van der Waals surface area contributed by atoms with Gasteiger partial charge in [-0.25, -0.2) is 12.8 Å². The van der Waals surface area contributed by atoms with Crippen molar-refractivity contribution in [1.29, 1.82) is 0 Å². The monoisotopic (exact) mass is 370 g/mol. The average Bonchev–Trinajstić information content (AvgIpc) is 2.47. The first-order valence-electron chi connectivity index (χ1n) is 7.80. The van der Waals surface area contributed by atoms with E-state index in [0.717, 1.165) is 0 Å². The van der Waals surface area contributed by atoms with Gasteiger partial charge in [0.2, 0.25) is 0 Å². The minimum atomic E-state index is -3.64. The molecule has 1 aliphatic rings. The first kappa shape index (κ1) is 19.5. The van der Waals surface area contributed by atoms with Crippen molar-refractivity contribution in [2.45, 2.75) is 37.5 Å². The van der Waals surface area contributed by atoms with Crippen molar-refractivity contribution in [1.82, 2.24) is 0 Å². The highest BCUT2D eigenvalue weighted by Crippen LogP contribution is 2.38. The maximum Gasteiger partial charge on any atom is 0.165 e. The molecule has 138 valence electrons. The van der Waals surface area contributed by atoms with Crippen molar-refractivity contribution in [2.75, 3.05) is 19.5 Å². The number of halogens is 1. The van der Waals surface area contributed by atoms with E-state index in [1.807, 2.05) is 0 Å². The second-order valence-electron chi connectivity index (χ2n) is 7.00. The Labute approximate surface area is 147 Å². The van der Waals surface area contributed by atoms with Crippen LogP contribution in [0.15, 0.2) is 23.2 Å². The first-order chi connectivity index (χ1) is 11.4. The first-order valence-corrected chi connectivity index (χ1v) is 9.46. The quantitative estimate of drug-likeness (QED) is 0.844. The Morgan fingerprint density at radius 1 is 1.36 bits per heavy atom. The smallest absolute Gasteiger partial charge is 0.165 e. The van der Waals surface area contributed by atoms with E-state index in [0.29, 0.717) is 5.56 Å². The lowest BCUT2D eigenvalue weighted by molar-refractivity contribution is -0.121. The fourth-order valence-corrected chi connectivity index (χ4v) is 4.50. The second-order valence-corrected chi connectivity index (χ2v) is 9.54. The maximum atomic E-state index is 14.4. The van der Waals surface area contributed by atoms with Crippen molar-refractivity contribution in [3.05, 3.63) is 35.1 Å². The number of ketones is 1. The van der Waals surface area contributed by atoms with Gasteiger partial charge in [-0.05, 0) is 38.5 Å². The maximum absolute atomic E-state index is 14.4. The summed E-state index contributed by atoms with van der Waals surface area (Å²) in [5.41, 5.74) is 5.22. The van der Waals surface area contributed by atoms with Crippen LogP contribution in [0.1, 0.15) is 31.9 Å². The molecule has 25 heavy (non-hydrogen) atoms. The van der Waals surface area contributed by atoms with Gasteiger partial charge in [-0.3, -0.25) is 9.79 Å². The number of carbonyl (C=O) groups excluding carboxylic acids is 1. The molecule has 0 radical (unpaired) electrons. The van der Waals surface area contributed by atoms with Gasteiger partial charge in [-0.1, -0.05) is 6.07 Å². The van der Waals surface area contributed by atoms with Crippen LogP contribution in [0.5, 0.6) is 0 Å². The SMILES string of the molecule is COCC(=O)Cc1ccc(F)c([C@]2(C)CS(=O)(=O)C(C)(C)C(N)=N2)c1. The van der Waals surface area contributed by atoms with Crippen LogP contribution >= 0.6 is 0 Å². The van der Waals surface area contributed by atoms with E-state index in [-0.39, 0.29) is 36.0 Å². The van der Waals surface area contributed by atoms with Gasteiger partial charge in [0, 0.05) is 19.1 Å². The number of rotatable bonds is 5. The zero-order chi connectivity index (χ0) is 19.0. The largest absolute Gasteiger partial charge is 0.386 e. The lowest BCUT2D eigenvalue weighted by Gasteiger charge is -2.38. The summed E-state index contributed by atoms with van der Waals surface area (Å²) in [6, 6.07) is 4.19. The zero-order valence-electron chi connectivity index (χ0n) is 14.8. The summed E-state index contributed by atoms with van der Waals surface area (Å²) in [4.78, 5) is 16.1. The number of nitrogens with zero attached hydrogens (tertiary/aromatic N) is 1. The summed E-state index contributed by atoms with van der Waals surface area (Å²) >= 11 is 0. The minimum absolute atomic E-state index is 0.0440. The Kier molecular flexibility index (Phi) is 5.07. The number of ether oxygens (including phenoxy) is 1. The molecule has 1 atom stereocenters. The van der Waals surface area contributed by atoms with Crippen LogP contribution in [0.3, 0.4) is 0 Å². The lowest BCUT2D eigenvalue weighted by Crippen LogP contribution is -2.55. The van der Waals surface area contributed by atoms with Gasteiger partial charge in [-0.2, -0.15) is 0 Å². The van der Waals surface area contributed by atoms with E-state index in [4.69, 9.17) is 10.5 Å². The number of nitrogens with two attached hydrogens (primary N) is 1. The summed E-state index contributed by atoms with van der Waals surface area (Å²) in [5, 5.41) is 0. The van der Waals surface area contributed by atoms with Crippen molar-refractivity contribution >= 4 is 21.5 Å². The van der Waals surface area contributed by atoms with Crippen molar-refractivity contribution in [3.8, 4) is 0 Å². The van der Waals surface area contributed by atoms with Crippen LogP contribution in [0.4, 0.5) is 4.39 Å². The summed E-state index contributed by atoms with van der Waals surface area (Å²) in [7, 11) is -2.22. The molecule has 2 rings (SSSR count). The fourth-order valence-electron chi connectivity index (χ4n) is 2.82. The molecule has 6 nitrogen and oxygen atoms in total. The van der Waals surface area contributed by atoms with Gasteiger partial charge in [0.05, 0.1) is 5.75 Å². The number of hydrogen-bond donors (Lipinski definition) is 1. The Bertz CT molecular complexity index is 833. The fraction of sp³-hybridized carbons (Fsp3) is 0.529. The number of carbonyl (C=O) groups is 1. The topological polar surface area (TPSA) is 98.8 Å². The third-order valence-electron chi connectivity index (χ3n) is 4.55. The molecule has 0 amide bonds. The van der Waals surface area contributed by atoms with Crippen molar-refractivity contribution in [3.63, 3.8) is 0 Å². The number of Topliss-reactive ketones (excluding diaryl/α,β-unsaturated/α-hetero) is 1. The van der Waals surface area contributed by atoms with Gasteiger partial charge < -0.3 is 10.5 Å². The molecule has 1 aliphatic heterocycles. The molecule has 1 aromatic rings. The van der Waals surface area contributed by atoms with Crippen LogP contribution in [-0.4, -0.2) is 44.3 Å². The highest BCUT2D eigenvalue weighted by molar-refractivity contribution is 7.93. The zero-order valence-corrected chi connectivity index (χ0v) is 15.6. The molecule has 0 saturated carbocycles. The standard InChI is InChI=1S/C17H23FN2O4S/c1-16(2)15(19)20-17(3,10-25(16,22)23)13-8-11(5-6-14(13)18)7-12(21)9-24-4/h5-6,8H,7,9-10H2,1-4H3,(H2,19,20)/t17-/m0/s1. The van der Waals surface area contributed by atoms with Gasteiger partial charge >= 0.3 is 0 Å². The summed E-state index contributed by atoms with van der Waals surface area (Å²) in [6.07, 6.45) is 0.0641. The van der Waals surface area contributed by atoms with E-state index >= 15 is 0 Å². The van der Waals surface area contributed by atoms with Crippen LogP contribution in [-0.2, 0) is 31.3 Å². The third-order valence-corrected chi connectivity index (χ3v) is 7.26. The number of benzene rings is 1. The molecule has 0 aliphatic carbocycles. The summed E-state index contributed by atoms with van der Waals surface area (Å²) < 4.78 is 43.2. The second kappa shape index (κ2) is 6.49. The minimum Gasteiger partial charge on any atom is -0.386 e. The normalized spacial score (nSPS) is 24.6. The highest BCUT2D eigenvalue weighted by Gasteiger charge is 2.49. The number of methoxy groups -OCH3 is 1. The van der Waals surface area contributed by atoms with E-state index in [1.165, 1.54) is 46.1 Å². The summed E-state index contributed by atoms with van der Waals surface area (Å²) in [6.45, 7) is 4.46. The molecule has 0 spiro atoms. The Hall–Kier alpha value is -1.80. The van der Waals surface area contributed by atoms with E-state index in [1.54, 1.807) is 0 Å². The molecule has 0 saturated heterocycles. The molecule has 8 heteroatoms. The van der Waals surface area contributed by atoms with E-state index in [9.17, 15) is 17.6 Å². The number of aliphatic imine (C=N–C) groups is 1. The number of amidine groups is 1. The predicted octanol–water partition coefficient (Wildman–Crippen LogP) is 1.36. The van der Waals surface area contributed by atoms with Gasteiger partial charge in [-0.15, -0.1) is 0 Å². The summed E-state index contributed by atoms with van der Waals surface area (Å²) in [5.74, 6) is -1.16. The Morgan fingerprint density at radius 2 is 2.00 bits per heavy atom. The predicted molar refractivity (Wildman–Crippen MR) is 93.8 cm³/mol. The Morgan fingerprint density at radius 3 is 2.56 bits per heavy atom. The van der Waals surface area contributed by atoms with Crippen LogP contribution in [0.2, 0.25) is 0 Å². The van der Waals surface area contributed by atoms with Gasteiger partial charge in [0.1, 0.15) is 28.5 Å². The van der Waals surface area contributed by atoms with Crippen LogP contribution in [0, 0.1) is 5.82 Å². The molecular formula is C17H23FN2O4S. The molecule has 1 heterocycles. The van der Waals surface area contributed by atoms with Crippen molar-refractivity contribution in [2.24, 2.45) is 10.7 Å². The molecule has 0 aromatic heterocycles. The van der Waals surface area contributed by atoms with Crippen LogP contribution < -0.4 is 5.73 Å².